The van der Waals surface area contributed by atoms with Gasteiger partial charge >= 0.3 is 0 Å². The van der Waals surface area contributed by atoms with Crippen LogP contribution in [0.15, 0.2) is 0 Å². The van der Waals surface area contributed by atoms with Crippen molar-refractivity contribution in [1.82, 2.24) is 9.80 Å². The van der Waals surface area contributed by atoms with Crippen molar-refractivity contribution in [2.45, 2.75) is 31.8 Å². The van der Waals surface area contributed by atoms with Gasteiger partial charge in [-0.3, -0.25) is 9.69 Å². The van der Waals surface area contributed by atoms with Crippen LogP contribution in [0.5, 0.6) is 0 Å². The second kappa shape index (κ2) is 4.28. The predicted octanol–water partition coefficient (Wildman–Crippen LogP) is 0.0230. The molecule has 2 saturated heterocycles. The van der Waals surface area contributed by atoms with Crippen LogP contribution in [0.25, 0.3) is 0 Å². The molecule has 0 spiro atoms. The van der Waals surface area contributed by atoms with Crippen molar-refractivity contribution in [1.29, 1.82) is 0 Å². The lowest BCUT2D eigenvalue weighted by Gasteiger charge is -2.33. The first-order valence-electron chi connectivity index (χ1n) is 5.44. The van der Waals surface area contributed by atoms with Gasteiger partial charge in [-0.1, -0.05) is 0 Å². The number of hydrogen-bond donors (Lipinski definition) is 1. The standard InChI is InChI=1S/C10H18N2O2/c13-9-3-1-5-11(7-9)8-12-6-2-4-10(12)14/h9,13H,1-8H2. The van der Waals surface area contributed by atoms with Gasteiger partial charge in [0.25, 0.3) is 0 Å². The molecule has 4 nitrogen and oxygen atoms in total. The maximum atomic E-state index is 11.4. The number of piperidine rings is 1. The van der Waals surface area contributed by atoms with Crippen LogP contribution in [0.2, 0.25) is 0 Å². The van der Waals surface area contributed by atoms with Gasteiger partial charge in [0.15, 0.2) is 0 Å². The first kappa shape index (κ1) is 9.93. The number of carbonyl (C=O) groups excluding carboxylic acids is 1. The fraction of sp³-hybridized carbons (Fsp3) is 0.900. The molecule has 2 heterocycles. The zero-order chi connectivity index (χ0) is 9.97. The fourth-order valence-electron chi connectivity index (χ4n) is 2.25. The monoisotopic (exact) mass is 198 g/mol. The third kappa shape index (κ3) is 2.25. The molecule has 0 radical (unpaired) electrons. The fourth-order valence-corrected chi connectivity index (χ4v) is 2.25. The van der Waals surface area contributed by atoms with E-state index in [0.717, 1.165) is 45.6 Å². The van der Waals surface area contributed by atoms with E-state index in [1.165, 1.54) is 0 Å². The second-order valence-electron chi connectivity index (χ2n) is 4.28. The van der Waals surface area contributed by atoms with Gasteiger partial charge in [-0.05, 0) is 19.3 Å². The Morgan fingerprint density at radius 3 is 2.86 bits per heavy atom. The lowest BCUT2D eigenvalue weighted by atomic mass is 10.1. The molecule has 2 fully saturated rings. The molecule has 4 heteroatoms. The Morgan fingerprint density at radius 1 is 1.36 bits per heavy atom. The van der Waals surface area contributed by atoms with Crippen molar-refractivity contribution >= 4 is 5.91 Å². The smallest absolute Gasteiger partial charge is 0.223 e. The molecule has 0 aromatic rings. The van der Waals surface area contributed by atoms with E-state index in [0.29, 0.717) is 6.42 Å². The average molecular weight is 198 g/mol. The van der Waals surface area contributed by atoms with Gasteiger partial charge in [0.05, 0.1) is 12.8 Å². The minimum Gasteiger partial charge on any atom is -0.392 e. The van der Waals surface area contributed by atoms with Gasteiger partial charge < -0.3 is 10.0 Å². The summed E-state index contributed by atoms with van der Waals surface area (Å²) < 4.78 is 0. The zero-order valence-corrected chi connectivity index (χ0v) is 8.48. The Morgan fingerprint density at radius 2 is 2.21 bits per heavy atom. The molecule has 1 atom stereocenters. The molecule has 80 valence electrons. The Hall–Kier alpha value is -0.610. The number of likely N-dealkylation sites (tertiary alicyclic amines) is 2. The summed E-state index contributed by atoms with van der Waals surface area (Å²) in [5.74, 6) is 0.269. The normalized spacial score (nSPS) is 29.9. The molecule has 0 aliphatic carbocycles. The van der Waals surface area contributed by atoms with Gasteiger partial charge in [0.1, 0.15) is 0 Å². The van der Waals surface area contributed by atoms with Gasteiger partial charge in [-0.2, -0.15) is 0 Å². The second-order valence-corrected chi connectivity index (χ2v) is 4.28. The Bertz CT molecular complexity index is 220. The van der Waals surface area contributed by atoms with Crippen molar-refractivity contribution in [3.8, 4) is 0 Å². The summed E-state index contributed by atoms with van der Waals surface area (Å²) in [7, 11) is 0. The molecular formula is C10H18N2O2. The number of hydrogen-bond acceptors (Lipinski definition) is 3. The summed E-state index contributed by atoms with van der Waals surface area (Å²) in [4.78, 5) is 15.4. The van der Waals surface area contributed by atoms with Crippen molar-refractivity contribution in [3.63, 3.8) is 0 Å². The molecule has 14 heavy (non-hydrogen) atoms. The maximum absolute atomic E-state index is 11.4. The number of β-amino-alcohol motifs (C(OH)–C–C–N with tert-alkyl or cyclic N) is 1. The van der Waals surface area contributed by atoms with E-state index in [-0.39, 0.29) is 12.0 Å². The molecule has 2 aliphatic heterocycles. The number of aliphatic hydroxyl groups excluding tert-OH is 1. The Labute approximate surface area is 84.5 Å². The number of carbonyl (C=O) groups is 1. The summed E-state index contributed by atoms with van der Waals surface area (Å²) in [5.41, 5.74) is 0. The summed E-state index contributed by atoms with van der Waals surface area (Å²) in [6, 6.07) is 0. The average Bonchev–Trinajstić information content (AvgIpc) is 2.52. The summed E-state index contributed by atoms with van der Waals surface area (Å²) in [5, 5.41) is 9.47. The molecule has 0 bridgehead atoms. The van der Waals surface area contributed by atoms with E-state index in [4.69, 9.17) is 0 Å². The van der Waals surface area contributed by atoms with E-state index in [2.05, 4.69) is 4.90 Å². The highest BCUT2D eigenvalue weighted by atomic mass is 16.3. The minimum atomic E-state index is -0.193. The minimum absolute atomic E-state index is 0.193. The van der Waals surface area contributed by atoms with Gasteiger partial charge in [-0.15, -0.1) is 0 Å². The van der Waals surface area contributed by atoms with E-state index in [1.54, 1.807) is 0 Å². The molecule has 2 aliphatic rings. The van der Waals surface area contributed by atoms with E-state index < -0.39 is 0 Å². The lowest BCUT2D eigenvalue weighted by Crippen LogP contribution is -2.45. The third-order valence-corrected chi connectivity index (χ3v) is 3.02. The number of nitrogens with zero attached hydrogens (tertiary/aromatic N) is 2. The van der Waals surface area contributed by atoms with E-state index in [1.807, 2.05) is 4.90 Å². The van der Waals surface area contributed by atoms with Crippen LogP contribution in [0.4, 0.5) is 0 Å². The maximum Gasteiger partial charge on any atom is 0.223 e. The SMILES string of the molecule is O=C1CCCN1CN1CCCC(O)C1. The molecule has 0 saturated carbocycles. The van der Waals surface area contributed by atoms with Crippen molar-refractivity contribution < 1.29 is 9.90 Å². The zero-order valence-electron chi connectivity index (χ0n) is 8.48. The highest BCUT2D eigenvalue weighted by Crippen LogP contribution is 2.14. The van der Waals surface area contributed by atoms with Crippen LogP contribution in [-0.2, 0) is 4.79 Å². The van der Waals surface area contributed by atoms with Gasteiger partial charge in [0.2, 0.25) is 5.91 Å². The molecule has 1 unspecified atom stereocenters. The molecular weight excluding hydrogens is 180 g/mol. The summed E-state index contributed by atoms with van der Waals surface area (Å²) in [6.07, 6.45) is 3.46. The summed E-state index contributed by atoms with van der Waals surface area (Å²) >= 11 is 0. The Balaban J connectivity index is 1.81. The third-order valence-electron chi connectivity index (χ3n) is 3.02. The van der Waals surface area contributed by atoms with Crippen LogP contribution in [0.1, 0.15) is 25.7 Å². The highest BCUT2D eigenvalue weighted by Gasteiger charge is 2.24. The van der Waals surface area contributed by atoms with Crippen molar-refractivity contribution in [3.05, 3.63) is 0 Å². The Kier molecular flexibility index (Phi) is 3.03. The predicted molar refractivity (Wildman–Crippen MR) is 52.6 cm³/mol. The molecule has 1 amide bonds. The lowest BCUT2D eigenvalue weighted by molar-refractivity contribution is -0.130. The van der Waals surface area contributed by atoms with Crippen LogP contribution in [0, 0.1) is 0 Å². The molecule has 0 aromatic heterocycles. The van der Waals surface area contributed by atoms with Gasteiger partial charge in [0, 0.05) is 26.1 Å². The number of rotatable bonds is 2. The van der Waals surface area contributed by atoms with Crippen LogP contribution in [0.3, 0.4) is 0 Å². The first-order chi connectivity index (χ1) is 6.75. The van der Waals surface area contributed by atoms with Crippen LogP contribution >= 0.6 is 0 Å². The topological polar surface area (TPSA) is 43.8 Å². The first-order valence-corrected chi connectivity index (χ1v) is 5.44. The van der Waals surface area contributed by atoms with Gasteiger partial charge in [-0.25, -0.2) is 0 Å². The van der Waals surface area contributed by atoms with Crippen LogP contribution < -0.4 is 0 Å². The van der Waals surface area contributed by atoms with E-state index in [9.17, 15) is 9.90 Å². The molecule has 1 N–H and O–H groups in total. The van der Waals surface area contributed by atoms with Crippen molar-refractivity contribution in [2.75, 3.05) is 26.3 Å². The highest BCUT2D eigenvalue weighted by molar-refractivity contribution is 5.77. The molecule has 0 aromatic carbocycles. The largest absolute Gasteiger partial charge is 0.392 e. The van der Waals surface area contributed by atoms with Crippen molar-refractivity contribution in [2.24, 2.45) is 0 Å². The van der Waals surface area contributed by atoms with Crippen LogP contribution in [-0.4, -0.2) is 53.2 Å². The quantitative estimate of drug-likeness (QED) is 0.680. The number of amides is 1. The van der Waals surface area contributed by atoms with E-state index >= 15 is 0 Å². The number of aliphatic hydroxyl groups is 1. The summed E-state index contributed by atoms with van der Waals surface area (Å²) in [6.45, 7) is 3.35. The molecule has 2 rings (SSSR count).